The largest absolute Gasteiger partial charge is 0.389 e. The lowest BCUT2D eigenvalue weighted by Crippen LogP contribution is -2.26. The van der Waals surface area contributed by atoms with Crippen LogP contribution < -0.4 is 5.32 Å². The molecule has 100 valence electrons. The van der Waals surface area contributed by atoms with E-state index in [9.17, 15) is 22.4 Å². The molecule has 6 heteroatoms. The van der Waals surface area contributed by atoms with Crippen LogP contribution in [0.25, 0.3) is 0 Å². The van der Waals surface area contributed by atoms with Crippen LogP contribution in [0.3, 0.4) is 0 Å². The van der Waals surface area contributed by atoms with Crippen molar-refractivity contribution in [2.75, 3.05) is 6.54 Å². The monoisotopic (exact) mass is 263 g/mol. The van der Waals surface area contributed by atoms with Gasteiger partial charge in [0.05, 0.1) is 5.56 Å². The van der Waals surface area contributed by atoms with Crippen molar-refractivity contribution in [2.24, 2.45) is 0 Å². The Morgan fingerprint density at radius 2 is 2.00 bits per heavy atom. The van der Waals surface area contributed by atoms with Gasteiger partial charge >= 0.3 is 6.18 Å². The number of rotatable bonds is 4. The minimum atomic E-state index is -4.24. The van der Waals surface area contributed by atoms with Crippen molar-refractivity contribution >= 4 is 5.91 Å². The van der Waals surface area contributed by atoms with Crippen LogP contribution in [0, 0.1) is 12.7 Å². The summed E-state index contributed by atoms with van der Waals surface area (Å²) in [6, 6.07) is 4.02. The molecular formula is C12H13F4NO. The van der Waals surface area contributed by atoms with E-state index in [0.29, 0.717) is 5.56 Å². The zero-order valence-corrected chi connectivity index (χ0v) is 9.77. The van der Waals surface area contributed by atoms with E-state index in [1.165, 1.54) is 12.1 Å². The van der Waals surface area contributed by atoms with Gasteiger partial charge in [-0.1, -0.05) is 11.6 Å². The first kappa shape index (κ1) is 14.5. The van der Waals surface area contributed by atoms with E-state index in [2.05, 4.69) is 5.32 Å². The van der Waals surface area contributed by atoms with Crippen molar-refractivity contribution < 1.29 is 22.4 Å². The average Bonchev–Trinajstić information content (AvgIpc) is 2.26. The Kier molecular flexibility index (Phi) is 4.69. The van der Waals surface area contributed by atoms with Crippen LogP contribution in [0.2, 0.25) is 0 Å². The molecule has 18 heavy (non-hydrogen) atoms. The van der Waals surface area contributed by atoms with E-state index in [-0.39, 0.29) is 18.5 Å². The van der Waals surface area contributed by atoms with Gasteiger partial charge in [0, 0.05) is 13.0 Å². The van der Waals surface area contributed by atoms with Gasteiger partial charge in [0.15, 0.2) is 0 Å². The Bertz CT molecular complexity index is 429. The second-order valence-electron chi connectivity index (χ2n) is 3.96. The SMILES string of the molecule is Cc1ccc(F)c(C(=O)NCCCC(F)(F)F)c1. The smallest absolute Gasteiger partial charge is 0.352 e. The van der Waals surface area contributed by atoms with E-state index in [1.807, 2.05) is 0 Å². The molecule has 0 aromatic heterocycles. The van der Waals surface area contributed by atoms with Crippen LogP contribution in [0.1, 0.15) is 28.8 Å². The number of carbonyl (C=O) groups is 1. The van der Waals surface area contributed by atoms with Crippen LogP contribution in [0.5, 0.6) is 0 Å². The number of aryl methyl sites for hydroxylation is 1. The molecule has 0 aliphatic heterocycles. The molecule has 0 radical (unpaired) electrons. The molecule has 0 heterocycles. The maximum Gasteiger partial charge on any atom is 0.389 e. The molecule has 0 aliphatic rings. The molecule has 0 bridgehead atoms. The molecule has 0 atom stereocenters. The quantitative estimate of drug-likeness (QED) is 0.656. The van der Waals surface area contributed by atoms with Gasteiger partial charge in [-0.3, -0.25) is 4.79 Å². The number of nitrogens with one attached hydrogen (secondary N) is 1. The Labute approximate surface area is 102 Å². The molecule has 0 aliphatic carbocycles. The maximum absolute atomic E-state index is 13.3. The highest BCUT2D eigenvalue weighted by molar-refractivity contribution is 5.94. The number of alkyl halides is 3. The summed E-state index contributed by atoms with van der Waals surface area (Å²) >= 11 is 0. The highest BCUT2D eigenvalue weighted by atomic mass is 19.4. The summed E-state index contributed by atoms with van der Waals surface area (Å²) in [5, 5.41) is 2.26. The summed E-state index contributed by atoms with van der Waals surface area (Å²) in [6.07, 6.45) is -5.43. The zero-order chi connectivity index (χ0) is 13.8. The average molecular weight is 263 g/mol. The van der Waals surface area contributed by atoms with Crippen molar-refractivity contribution in [1.82, 2.24) is 5.32 Å². The normalized spacial score (nSPS) is 11.4. The molecule has 1 aromatic rings. The molecule has 0 saturated carbocycles. The van der Waals surface area contributed by atoms with Crippen molar-refractivity contribution in [3.63, 3.8) is 0 Å². The van der Waals surface area contributed by atoms with Gasteiger partial charge in [-0.25, -0.2) is 4.39 Å². The third-order valence-corrected chi connectivity index (χ3v) is 2.29. The summed E-state index contributed by atoms with van der Waals surface area (Å²) in [5.74, 6) is -1.38. The summed E-state index contributed by atoms with van der Waals surface area (Å²) in [4.78, 5) is 11.5. The fourth-order valence-electron chi connectivity index (χ4n) is 1.40. The van der Waals surface area contributed by atoms with Gasteiger partial charge in [-0.05, 0) is 25.5 Å². The predicted molar refractivity (Wildman–Crippen MR) is 58.8 cm³/mol. The Balaban J connectivity index is 2.48. The third kappa shape index (κ3) is 4.73. The lowest BCUT2D eigenvalue weighted by Gasteiger charge is -2.08. The Hall–Kier alpha value is -1.59. The highest BCUT2D eigenvalue weighted by Gasteiger charge is 2.26. The number of hydrogen-bond donors (Lipinski definition) is 1. The van der Waals surface area contributed by atoms with Crippen molar-refractivity contribution in [3.05, 3.63) is 35.1 Å². The maximum atomic E-state index is 13.3. The highest BCUT2D eigenvalue weighted by Crippen LogP contribution is 2.20. The van der Waals surface area contributed by atoms with Gasteiger partial charge in [0.25, 0.3) is 5.91 Å². The number of hydrogen-bond acceptors (Lipinski definition) is 1. The van der Waals surface area contributed by atoms with Crippen LogP contribution in [0.4, 0.5) is 17.6 Å². The summed E-state index contributed by atoms with van der Waals surface area (Å²) < 4.78 is 48.8. The Morgan fingerprint density at radius 1 is 1.33 bits per heavy atom. The van der Waals surface area contributed by atoms with Gasteiger partial charge in [0.1, 0.15) is 5.82 Å². The molecule has 1 rings (SSSR count). The number of amides is 1. The van der Waals surface area contributed by atoms with E-state index in [0.717, 1.165) is 6.07 Å². The predicted octanol–water partition coefficient (Wildman–Crippen LogP) is 3.21. The minimum absolute atomic E-state index is 0.133. The van der Waals surface area contributed by atoms with Crippen molar-refractivity contribution in [1.29, 1.82) is 0 Å². The minimum Gasteiger partial charge on any atom is -0.352 e. The van der Waals surface area contributed by atoms with E-state index >= 15 is 0 Å². The van der Waals surface area contributed by atoms with Crippen molar-refractivity contribution in [2.45, 2.75) is 25.9 Å². The first-order chi connectivity index (χ1) is 8.29. The van der Waals surface area contributed by atoms with Crippen LogP contribution in [-0.2, 0) is 0 Å². The lowest BCUT2D eigenvalue weighted by molar-refractivity contribution is -0.135. The van der Waals surface area contributed by atoms with Gasteiger partial charge in [0.2, 0.25) is 0 Å². The summed E-state index contributed by atoms with van der Waals surface area (Å²) in [6.45, 7) is 1.56. The first-order valence-corrected chi connectivity index (χ1v) is 5.41. The van der Waals surface area contributed by atoms with Gasteiger partial charge in [-0.15, -0.1) is 0 Å². The van der Waals surface area contributed by atoms with Crippen LogP contribution in [0.15, 0.2) is 18.2 Å². The van der Waals surface area contributed by atoms with E-state index in [4.69, 9.17) is 0 Å². The molecule has 1 N–H and O–H groups in total. The van der Waals surface area contributed by atoms with E-state index in [1.54, 1.807) is 6.92 Å². The van der Waals surface area contributed by atoms with Crippen molar-refractivity contribution in [3.8, 4) is 0 Å². The van der Waals surface area contributed by atoms with Crippen LogP contribution in [-0.4, -0.2) is 18.6 Å². The molecule has 0 saturated heterocycles. The standard InChI is InChI=1S/C12H13F4NO/c1-8-3-4-10(13)9(7-8)11(18)17-6-2-5-12(14,15)16/h3-4,7H,2,5-6H2,1H3,(H,17,18). The third-order valence-electron chi connectivity index (χ3n) is 2.29. The molecule has 1 aromatic carbocycles. The number of halogens is 4. The summed E-state index contributed by atoms with van der Waals surface area (Å²) in [5.41, 5.74) is 0.554. The second-order valence-corrected chi connectivity index (χ2v) is 3.96. The fraction of sp³-hybridized carbons (Fsp3) is 0.417. The zero-order valence-electron chi connectivity index (χ0n) is 9.77. The topological polar surface area (TPSA) is 29.1 Å². The second kappa shape index (κ2) is 5.84. The van der Waals surface area contributed by atoms with Gasteiger partial charge in [-0.2, -0.15) is 13.2 Å². The van der Waals surface area contributed by atoms with E-state index < -0.39 is 24.3 Å². The molecule has 2 nitrogen and oxygen atoms in total. The fourth-order valence-corrected chi connectivity index (χ4v) is 1.40. The molecule has 0 unspecified atom stereocenters. The number of carbonyl (C=O) groups excluding carboxylic acids is 1. The lowest BCUT2D eigenvalue weighted by atomic mass is 10.1. The molecule has 1 amide bonds. The van der Waals surface area contributed by atoms with Crippen LogP contribution >= 0.6 is 0 Å². The summed E-state index contributed by atoms with van der Waals surface area (Å²) in [7, 11) is 0. The first-order valence-electron chi connectivity index (χ1n) is 5.41. The Morgan fingerprint density at radius 3 is 2.61 bits per heavy atom. The molecule has 0 spiro atoms. The molecular weight excluding hydrogens is 250 g/mol. The molecule has 0 fully saturated rings. The van der Waals surface area contributed by atoms with Gasteiger partial charge < -0.3 is 5.32 Å². The number of benzene rings is 1.